The minimum atomic E-state index is 0.0490. The summed E-state index contributed by atoms with van der Waals surface area (Å²) >= 11 is 0. The van der Waals surface area contributed by atoms with Crippen LogP contribution in [0.4, 0.5) is 0 Å². The number of rotatable bonds is 3. The van der Waals surface area contributed by atoms with Crippen LogP contribution in [0.5, 0.6) is 0 Å². The zero-order valence-electron chi connectivity index (χ0n) is 9.77. The monoisotopic (exact) mass is 185 g/mol. The second kappa shape index (κ2) is 4.64. The molecule has 0 heterocycles. The summed E-state index contributed by atoms with van der Waals surface area (Å²) in [4.78, 5) is 11.7. The second-order valence-corrected chi connectivity index (χ2v) is 4.98. The summed E-state index contributed by atoms with van der Waals surface area (Å²) in [6, 6.07) is 0. The van der Waals surface area contributed by atoms with Crippen molar-refractivity contribution < 1.29 is 4.79 Å². The fourth-order valence-electron chi connectivity index (χ4n) is 1.98. The Hall–Kier alpha value is -0.530. The first-order valence-corrected chi connectivity index (χ1v) is 5.08. The molecule has 78 valence electrons. The van der Waals surface area contributed by atoms with Gasteiger partial charge < -0.3 is 5.32 Å². The van der Waals surface area contributed by atoms with Gasteiger partial charge in [0.05, 0.1) is 0 Å². The summed E-state index contributed by atoms with van der Waals surface area (Å²) < 4.78 is 0. The van der Waals surface area contributed by atoms with E-state index >= 15 is 0 Å². The minimum Gasteiger partial charge on any atom is -0.356 e. The van der Waals surface area contributed by atoms with Crippen molar-refractivity contribution >= 4 is 5.91 Å². The third-order valence-electron chi connectivity index (χ3n) is 2.23. The number of amides is 1. The first-order chi connectivity index (χ1) is 5.80. The maximum Gasteiger partial charge on any atom is 0.223 e. The smallest absolute Gasteiger partial charge is 0.223 e. The average Bonchev–Trinajstić information content (AvgIpc) is 1.82. The van der Waals surface area contributed by atoms with Crippen molar-refractivity contribution in [3.8, 4) is 0 Å². The predicted molar refractivity (Wildman–Crippen MR) is 56.5 cm³/mol. The zero-order valence-corrected chi connectivity index (χ0v) is 9.77. The molecule has 0 aromatic heterocycles. The van der Waals surface area contributed by atoms with Crippen molar-refractivity contribution in [1.82, 2.24) is 5.32 Å². The van der Waals surface area contributed by atoms with Crippen LogP contribution in [0, 0.1) is 17.3 Å². The molecule has 13 heavy (non-hydrogen) atoms. The van der Waals surface area contributed by atoms with Crippen molar-refractivity contribution in [2.24, 2.45) is 17.3 Å². The van der Waals surface area contributed by atoms with E-state index in [1.54, 1.807) is 0 Å². The highest BCUT2D eigenvalue weighted by Crippen LogP contribution is 2.31. The standard InChI is InChI=1S/C11H23NO/c1-7-12-10(13)9(8(2)3)11(4,5)6/h8-9H,7H2,1-6H3,(H,12,13)/t9-/m0/s1. The van der Waals surface area contributed by atoms with E-state index in [1.807, 2.05) is 6.92 Å². The Morgan fingerprint density at radius 2 is 1.77 bits per heavy atom. The number of nitrogens with one attached hydrogen (secondary N) is 1. The van der Waals surface area contributed by atoms with Crippen molar-refractivity contribution in [1.29, 1.82) is 0 Å². The van der Waals surface area contributed by atoms with Crippen LogP contribution in [0.25, 0.3) is 0 Å². The van der Waals surface area contributed by atoms with E-state index in [2.05, 4.69) is 39.9 Å². The molecule has 0 aliphatic rings. The van der Waals surface area contributed by atoms with Crippen molar-refractivity contribution in [3.63, 3.8) is 0 Å². The van der Waals surface area contributed by atoms with E-state index in [9.17, 15) is 4.79 Å². The normalized spacial score (nSPS) is 14.4. The van der Waals surface area contributed by atoms with E-state index in [0.717, 1.165) is 6.54 Å². The summed E-state index contributed by atoms with van der Waals surface area (Å²) in [6.07, 6.45) is 0. The molecular formula is C11H23NO. The molecule has 0 unspecified atom stereocenters. The molecule has 1 amide bonds. The molecular weight excluding hydrogens is 162 g/mol. The molecule has 0 saturated carbocycles. The van der Waals surface area contributed by atoms with E-state index < -0.39 is 0 Å². The molecule has 0 aliphatic heterocycles. The molecule has 0 radical (unpaired) electrons. The van der Waals surface area contributed by atoms with E-state index in [-0.39, 0.29) is 17.2 Å². The number of hydrogen-bond donors (Lipinski definition) is 1. The van der Waals surface area contributed by atoms with Crippen LogP contribution in [0.3, 0.4) is 0 Å². The average molecular weight is 185 g/mol. The molecule has 2 nitrogen and oxygen atoms in total. The van der Waals surface area contributed by atoms with Crippen molar-refractivity contribution in [3.05, 3.63) is 0 Å². The fourth-order valence-corrected chi connectivity index (χ4v) is 1.98. The topological polar surface area (TPSA) is 29.1 Å². The summed E-state index contributed by atoms with van der Waals surface area (Å²) in [5, 5.41) is 2.89. The van der Waals surface area contributed by atoms with Gasteiger partial charge in [0.15, 0.2) is 0 Å². The lowest BCUT2D eigenvalue weighted by molar-refractivity contribution is -0.130. The Kier molecular flexibility index (Phi) is 4.45. The number of carbonyl (C=O) groups is 1. The number of carbonyl (C=O) groups excluding carboxylic acids is 1. The third kappa shape index (κ3) is 3.79. The largest absolute Gasteiger partial charge is 0.356 e. The number of hydrogen-bond acceptors (Lipinski definition) is 1. The fraction of sp³-hybridized carbons (Fsp3) is 0.909. The Balaban J connectivity index is 4.52. The molecule has 0 spiro atoms. The van der Waals surface area contributed by atoms with Crippen LogP contribution in [-0.4, -0.2) is 12.5 Å². The van der Waals surface area contributed by atoms with Crippen LogP contribution in [0.1, 0.15) is 41.5 Å². The minimum absolute atomic E-state index is 0.0490. The molecule has 0 aromatic rings. The SMILES string of the molecule is CCNC(=O)[C@H](C(C)C)C(C)(C)C. The second-order valence-electron chi connectivity index (χ2n) is 4.98. The van der Waals surface area contributed by atoms with E-state index in [0.29, 0.717) is 5.92 Å². The van der Waals surface area contributed by atoms with E-state index in [1.165, 1.54) is 0 Å². The van der Waals surface area contributed by atoms with E-state index in [4.69, 9.17) is 0 Å². The first-order valence-electron chi connectivity index (χ1n) is 5.08. The highest BCUT2D eigenvalue weighted by molar-refractivity contribution is 5.79. The van der Waals surface area contributed by atoms with Gasteiger partial charge in [-0.2, -0.15) is 0 Å². The lowest BCUT2D eigenvalue weighted by atomic mass is 9.74. The van der Waals surface area contributed by atoms with Gasteiger partial charge in [0.2, 0.25) is 5.91 Å². The van der Waals surface area contributed by atoms with Crippen LogP contribution < -0.4 is 5.32 Å². The zero-order chi connectivity index (χ0) is 10.6. The van der Waals surface area contributed by atoms with Crippen LogP contribution in [0.15, 0.2) is 0 Å². The molecule has 0 rings (SSSR count). The quantitative estimate of drug-likeness (QED) is 0.719. The molecule has 0 aromatic carbocycles. The van der Waals surface area contributed by atoms with Gasteiger partial charge in [-0.05, 0) is 18.3 Å². The molecule has 0 bridgehead atoms. The van der Waals surface area contributed by atoms with Crippen LogP contribution in [0.2, 0.25) is 0 Å². The molecule has 2 heteroatoms. The van der Waals surface area contributed by atoms with Gasteiger partial charge in [-0.15, -0.1) is 0 Å². The summed E-state index contributed by atoms with van der Waals surface area (Å²) in [5.41, 5.74) is 0.0490. The molecule has 1 atom stereocenters. The Morgan fingerprint density at radius 3 is 2.00 bits per heavy atom. The lowest BCUT2D eigenvalue weighted by Gasteiger charge is -2.32. The molecule has 0 saturated heterocycles. The summed E-state index contributed by atoms with van der Waals surface area (Å²) in [5.74, 6) is 0.684. The predicted octanol–water partition coefficient (Wildman–Crippen LogP) is 2.44. The Morgan fingerprint density at radius 1 is 1.31 bits per heavy atom. The Labute approximate surface area is 82.1 Å². The van der Waals surface area contributed by atoms with Gasteiger partial charge in [0, 0.05) is 12.5 Å². The van der Waals surface area contributed by atoms with Gasteiger partial charge in [-0.1, -0.05) is 34.6 Å². The molecule has 0 aliphatic carbocycles. The maximum absolute atomic E-state index is 11.7. The maximum atomic E-state index is 11.7. The van der Waals surface area contributed by atoms with Gasteiger partial charge in [-0.25, -0.2) is 0 Å². The summed E-state index contributed by atoms with van der Waals surface area (Å²) in [7, 11) is 0. The summed E-state index contributed by atoms with van der Waals surface area (Å²) in [6.45, 7) is 13.2. The van der Waals surface area contributed by atoms with Crippen LogP contribution >= 0.6 is 0 Å². The highest BCUT2D eigenvalue weighted by Gasteiger charge is 2.33. The van der Waals surface area contributed by atoms with Gasteiger partial charge in [0.25, 0.3) is 0 Å². The molecule has 1 N–H and O–H groups in total. The van der Waals surface area contributed by atoms with Gasteiger partial charge in [-0.3, -0.25) is 4.79 Å². The van der Waals surface area contributed by atoms with Crippen LogP contribution in [-0.2, 0) is 4.79 Å². The van der Waals surface area contributed by atoms with Gasteiger partial charge in [0.1, 0.15) is 0 Å². The lowest BCUT2D eigenvalue weighted by Crippen LogP contribution is -2.40. The Bertz CT molecular complexity index is 167. The van der Waals surface area contributed by atoms with Crippen molar-refractivity contribution in [2.75, 3.05) is 6.54 Å². The molecule has 0 fully saturated rings. The highest BCUT2D eigenvalue weighted by atomic mass is 16.1. The first kappa shape index (κ1) is 12.5. The van der Waals surface area contributed by atoms with Gasteiger partial charge >= 0.3 is 0 Å². The van der Waals surface area contributed by atoms with Crippen molar-refractivity contribution in [2.45, 2.75) is 41.5 Å². The third-order valence-corrected chi connectivity index (χ3v) is 2.23.